The molecule has 4 heteroatoms. The van der Waals surface area contributed by atoms with Crippen LogP contribution < -0.4 is 0 Å². The number of nitrogens with zero attached hydrogens (tertiary/aromatic N) is 1. The van der Waals surface area contributed by atoms with E-state index in [1.165, 1.54) is 18.2 Å². The van der Waals surface area contributed by atoms with Crippen LogP contribution in [0.25, 0.3) is 22.2 Å². The third-order valence-corrected chi connectivity index (χ3v) is 3.59. The molecule has 18 heavy (non-hydrogen) atoms. The lowest BCUT2D eigenvalue weighted by Crippen LogP contribution is -1.87. The highest BCUT2D eigenvalue weighted by Crippen LogP contribution is 2.31. The maximum absolute atomic E-state index is 13.7. The SMILES string of the molecule is Fc1ccc(-c2cc3cccc(F)c3n2Br)cc1. The second-order valence-corrected chi connectivity index (χ2v) is 4.70. The lowest BCUT2D eigenvalue weighted by molar-refractivity contribution is 0.628. The highest BCUT2D eigenvalue weighted by atomic mass is 79.9. The first-order valence-corrected chi connectivity index (χ1v) is 6.10. The molecular weight excluding hydrogens is 300 g/mol. The molecule has 3 aromatic rings. The first kappa shape index (κ1) is 11.4. The number of benzene rings is 2. The van der Waals surface area contributed by atoms with Crippen molar-refractivity contribution in [2.24, 2.45) is 0 Å². The van der Waals surface area contributed by atoms with Gasteiger partial charge in [0.1, 0.15) is 11.6 Å². The van der Waals surface area contributed by atoms with Crippen LogP contribution in [0.3, 0.4) is 0 Å². The molecule has 0 bridgehead atoms. The van der Waals surface area contributed by atoms with Crippen LogP contribution in [0.15, 0.2) is 48.5 Å². The standard InChI is InChI=1S/C14H8BrF2N/c15-18-13(9-4-6-11(16)7-5-9)8-10-2-1-3-12(17)14(10)18/h1-8H. The van der Waals surface area contributed by atoms with Gasteiger partial charge in [0.2, 0.25) is 0 Å². The van der Waals surface area contributed by atoms with Gasteiger partial charge in [-0.25, -0.2) is 8.78 Å². The number of rotatable bonds is 1. The zero-order valence-electron chi connectivity index (χ0n) is 9.20. The van der Waals surface area contributed by atoms with E-state index in [-0.39, 0.29) is 11.6 Å². The molecule has 0 radical (unpaired) electrons. The summed E-state index contributed by atoms with van der Waals surface area (Å²) in [5.41, 5.74) is 2.09. The molecule has 3 rings (SSSR count). The van der Waals surface area contributed by atoms with Gasteiger partial charge in [-0.1, -0.05) is 12.1 Å². The first-order valence-electron chi connectivity index (χ1n) is 5.39. The van der Waals surface area contributed by atoms with E-state index in [1.807, 2.05) is 12.1 Å². The van der Waals surface area contributed by atoms with Crippen molar-refractivity contribution in [1.82, 2.24) is 3.59 Å². The summed E-state index contributed by atoms with van der Waals surface area (Å²) in [6, 6.07) is 12.9. The van der Waals surface area contributed by atoms with Gasteiger partial charge in [-0.05, 0) is 42.0 Å². The third-order valence-electron chi connectivity index (χ3n) is 2.86. The molecule has 0 N–H and O–H groups in total. The summed E-state index contributed by atoms with van der Waals surface area (Å²) in [6.07, 6.45) is 0. The van der Waals surface area contributed by atoms with E-state index in [4.69, 9.17) is 0 Å². The fourth-order valence-corrected chi connectivity index (χ4v) is 2.68. The number of hydrogen-bond donors (Lipinski definition) is 0. The van der Waals surface area contributed by atoms with E-state index >= 15 is 0 Å². The Balaban J connectivity index is 2.27. The number of hydrogen-bond acceptors (Lipinski definition) is 0. The molecule has 2 aromatic carbocycles. The molecular formula is C14H8BrF2N. The molecule has 0 spiro atoms. The molecule has 0 aliphatic rings. The molecule has 1 heterocycles. The summed E-state index contributed by atoms with van der Waals surface area (Å²) >= 11 is 3.34. The van der Waals surface area contributed by atoms with Crippen LogP contribution in [0.5, 0.6) is 0 Å². The van der Waals surface area contributed by atoms with Crippen LogP contribution in [0.2, 0.25) is 0 Å². The van der Waals surface area contributed by atoms with Gasteiger partial charge in [-0.3, -0.25) is 3.59 Å². The highest BCUT2D eigenvalue weighted by Gasteiger charge is 2.12. The lowest BCUT2D eigenvalue weighted by atomic mass is 10.1. The predicted octanol–water partition coefficient (Wildman–Crippen LogP) is 4.74. The maximum Gasteiger partial charge on any atom is 0.148 e. The normalized spacial score (nSPS) is 11.1. The van der Waals surface area contributed by atoms with Gasteiger partial charge in [-0.2, -0.15) is 0 Å². The summed E-state index contributed by atoms with van der Waals surface area (Å²) in [4.78, 5) is 0. The number of aromatic nitrogens is 1. The number of para-hydroxylation sites is 1. The maximum atomic E-state index is 13.7. The third kappa shape index (κ3) is 1.73. The second kappa shape index (κ2) is 4.21. The van der Waals surface area contributed by atoms with E-state index in [0.29, 0.717) is 5.52 Å². The molecule has 0 amide bonds. The highest BCUT2D eigenvalue weighted by molar-refractivity contribution is 9.08. The van der Waals surface area contributed by atoms with E-state index < -0.39 is 0 Å². The van der Waals surface area contributed by atoms with Gasteiger partial charge in [0.15, 0.2) is 0 Å². The molecule has 90 valence electrons. The Morgan fingerprint density at radius 1 is 0.944 bits per heavy atom. The Hall–Kier alpha value is -1.68. The van der Waals surface area contributed by atoms with Crippen molar-refractivity contribution < 1.29 is 8.78 Å². The molecule has 0 saturated carbocycles. The molecule has 0 fully saturated rings. The Kier molecular flexibility index (Phi) is 2.67. The van der Waals surface area contributed by atoms with Crippen molar-refractivity contribution in [1.29, 1.82) is 0 Å². The van der Waals surface area contributed by atoms with Crippen LogP contribution in [0.4, 0.5) is 8.78 Å². The van der Waals surface area contributed by atoms with Crippen LogP contribution in [0.1, 0.15) is 0 Å². The quantitative estimate of drug-likeness (QED) is 0.611. The van der Waals surface area contributed by atoms with Crippen LogP contribution in [0, 0.1) is 11.6 Å². The van der Waals surface area contributed by atoms with Gasteiger partial charge in [0.25, 0.3) is 0 Å². The fourth-order valence-electron chi connectivity index (χ4n) is 2.00. The van der Waals surface area contributed by atoms with Crippen molar-refractivity contribution in [3.8, 4) is 11.3 Å². The molecule has 0 aliphatic carbocycles. The molecule has 0 aliphatic heterocycles. The van der Waals surface area contributed by atoms with Crippen LogP contribution in [-0.2, 0) is 0 Å². The molecule has 0 atom stereocenters. The summed E-state index contributed by atoms with van der Waals surface area (Å²) in [7, 11) is 0. The lowest BCUT2D eigenvalue weighted by Gasteiger charge is -2.02. The van der Waals surface area contributed by atoms with Gasteiger partial charge >= 0.3 is 0 Å². The molecule has 0 saturated heterocycles. The predicted molar refractivity (Wildman–Crippen MR) is 71.6 cm³/mol. The fraction of sp³-hybridized carbons (Fsp3) is 0. The largest absolute Gasteiger partial charge is 0.273 e. The minimum atomic E-state index is -0.294. The zero-order valence-corrected chi connectivity index (χ0v) is 10.8. The van der Waals surface area contributed by atoms with E-state index in [2.05, 4.69) is 16.1 Å². The number of fused-ring (bicyclic) bond motifs is 1. The minimum Gasteiger partial charge on any atom is -0.273 e. The molecule has 1 nitrogen and oxygen atoms in total. The first-order chi connectivity index (χ1) is 8.66. The summed E-state index contributed by atoms with van der Waals surface area (Å²) in [6.45, 7) is 0. The van der Waals surface area contributed by atoms with E-state index in [9.17, 15) is 8.78 Å². The van der Waals surface area contributed by atoms with Gasteiger partial charge < -0.3 is 0 Å². The zero-order chi connectivity index (χ0) is 12.7. The van der Waals surface area contributed by atoms with E-state index in [1.54, 1.807) is 21.8 Å². The van der Waals surface area contributed by atoms with Crippen LogP contribution in [-0.4, -0.2) is 3.59 Å². The van der Waals surface area contributed by atoms with Crippen molar-refractivity contribution in [2.75, 3.05) is 0 Å². The van der Waals surface area contributed by atoms with E-state index in [0.717, 1.165) is 16.6 Å². The van der Waals surface area contributed by atoms with Crippen molar-refractivity contribution in [2.45, 2.75) is 0 Å². The van der Waals surface area contributed by atoms with Gasteiger partial charge in [-0.15, -0.1) is 0 Å². The summed E-state index contributed by atoms with van der Waals surface area (Å²) in [5, 5.41) is 0.797. The summed E-state index contributed by atoms with van der Waals surface area (Å²) in [5.74, 6) is -0.583. The average molecular weight is 308 g/mol. The minimum absolute atomic E-state index is 0.290. The molecule has 1 aromatic heterocycles. The van der Waals surface area contributed by atoms with Crippen molar-refractivity contribution in [3.63, 3.8) is 0 Å². The Labute approximate surface area is 111 Å². The van der Waals surface area contributed by atoms with Crippen molar-refractivity contribution in [3.05, 3.63) is 60.2 Å². The van der Waals surface area contributed by atoms with Crippen molar-refractivity contribution >= 4 is 27.1 Å². The van der Waals surface area contributed by atoms with Crippen LogP contribution >= 0.6 is 16.1 Å². The topological polar surface area (TPSA) is 4.93 Å². The Morgan fingerprint density at radius 2 is 1.67 bits per heavy atom. The smallest absolute Gasteiger partial charge is 0.148 e. The van der Waals surface area contributed by atoms with Gasteiger partial charge in [0, 0.05) is 5.39 Å². The Bertz CT molecular complexity index is 716. The van der Waals surface area contributed by atoms with Gasteiger partial charge in [0.05, 0.1) is 27.4 Å². The number of halogens is 3. The average Bonchev–Trinajstić information content (AvgIpc) is 2.69. The summed E-state index contributed by atoms with van der Waals surface area (Å²) < 4.78 is 28.2. The Morgan fingerprint density at radius 3 is 2.33 bits per heavy atom. The second-order valence-electron chi connectivity index (χ2n) is 3.99. The monoisotopic (exact) mass is 307 g/mol. The molecule has 0 unspecified atom stereocenters.